The number of H-pyrrole nitrogens is 1. The van der Waals surface area contributed by atoms with E-state index in [2.05, 4.69) is 27.0 Å². The summed E-state index contributed by atoms with van der Waals surface area (Å²) in [6, 6.07) is 22.4. The molecule has 0 spiro atoms. The van der Waals surface area contributed by atoms with Crippen molar-refractivity contribution >= 4 is 49.1 Å². The van der Waals surface area contributed by atoms with Gasteiger partial charge in [-0.3, -0.25) is 4.90 Å². The second-order valence-corrected chi connectivity index (χ2v) is 11.5. The van der Waals surface area contributed by atoms with Crippen LogP contribution in [0.2, 0.25) is 5.02 Å². The van der Waals surface area contributed by atoms with E-state index < -0.39 is 10.0 Å². The maximum Gasteiger partial charge on any atom is 0.268 e. The third-order valence-electron chi connectivity index (χ3n) is 7.11. The fourth-order valence-corrected chi connectivity index (χ4v) is 6.71. The molecule has 0 radical (unpaired) electrons. The van der Waals surface area contributed by atoms with Crippen LogP contribution in [0.15, 0.2) is 90.1 Å². The predicted molar refractivity (Wildman–Crippen MR) is 147 cm³/mol. The van der Waals surface area contributed by atoms with Gasteiger partial charge in [-0.1, -0.05) is 35.9 Å². The molecule has 0 unspecified atom stereocenters. The van der Waals surface area contributed by atoms with Gasteiger partial charge in [-0.05, 0) is 60.5 Å². The smallest absolute Gasteiger partial charge is 0.268 e. The molecule has 2 aromatic heterocycles. The van der Waals surface area contributed by atoms with Gasteiger partial charge in [0.1, 0.15) is 0 Å². The Bertz CT molecular complexity index is 1630. The SMILES string of the molecule is O=S(=O)(c1ccccc1)n1ccc2c(N3CCN(CCc4c[nH]c5ccc(Cl)cc45)CC3)cccc21. The maximum absolute atomic E-state index is 13.2. The van der Waals surface area contributed by atoms with Gasteiger partial charge < -0.3 is 9.88 Å². The standard InChI is InChI=1S/C28H27ClN4O2S/c29-22-9-10-26-25(19-22)21(20-30-26)11-13-31-15-17-32(18-16-31)27-7-4-8-28-24(27)12-14-33(28)36(34,35)23-5-2-1-3-6-23/h1-10,12,14,19-20,30H,11,13,15-18H2. The normalized spacial score (nSPS) is 15.2. The van der Waals surface area contributed by atoms with Crippen LogP contribution in [0.4, 0.5) is 5.69 Å². The van der Waals surface area contributed by atoms with Crippen LogP contribution < -0.4 is 4.90 Å². The summed E-state index contributed by atoms with van der Waals surface area (Å²) < 4.78 is 27.9. The number of anilines is 1. The Morgan fingerprint density at radius 3 is 2.47 bits per heavy atom. The van der Waals surface area contributed by atoms with E-state index in [1.54, 1.807) is 30.5 Å². The first kappa shape index (κ1) is 23.2. The van der Waals surface area contributed by atoms with Crippen LogP contribution in [-0.4, -0.2) is 55.0 Å². The predicted octanol–water partition coefficient (Wildman–Crippen LogP) is 5.38. The number of benzene rings is 3. The van der Waals surface area contributed by atoms with Crippen molar-refractivity contribution in [3.05, 3.63) is 95.8 Å². The molecule has 1 aliphatic heterocycles. The number of piperazine rings is 1. The van der Waals surface area contributed by atoms with Crippen molar-refractivity contribution < 1.29 is 8.42 Å². The van der Waals surface area contributed by atoms with Crippen LogP contribution in [0.25, 0.3) is 21.8 Å². The topological polar surface area (TPSA) is 61.3 Å². The summed E-state index contributed by atoms with van der Waals surface area (Å²) in [4.78, 5) is 8.49. The van der Waals surface area contributed by atoms with E-state index in [-0.39, 0.29) is 0 Å². The summed E-state index contributed by atoms with van der Waals surface area (Å²) in [5, 5.41) is 2.92. The zero-order valence-corrected chi connectivity index (χ0v) is 21.3. The number of halogens is 1. The summed E-state index contributed by atoms with van der Waals surface area (Å²) in [5.41, 5.74) is 4.20. The maximum atomic E-state index is 13.2. The highest BCUT2D eigenvalue weighted by Crippen LogP contribution is 2.31. The van der Waals surface area contributed by atoms with Crippen molar-refractivity contribution in [1.82, 2.24) is 13.9 Å². The van der Waals surface area contributed by atoms with Crippen molar-refractivity contribution in [2.24, 2.45) is 0 Å². The second-order valence-electron chi connectivity index (χ2n) is 9.22. The second kappa shape index (κ2) is 9.32. The molecule has 0 atom stereocenters. The van der Waals surface area contributed by atoms with Crippen molar-refractivity contribution in [2.45, 2.75) is 11.3 Å². The van der Waals surface area contributed by atoms with Gasteiger partial charge in [-0.2, -0.15) is 0 Å². The van der Waals surface area contributed by atoms with Crippen molar-refractivity contribution in [3.63, 3.8) is 0 Å². The fraction of sp³-hybridized carbons (Fsp3) is 0.214. The molecule has 3 aromatic carbocycles. The Balaban J connectivity index is 1.16. The summed E-state index contributed by atoms with van der Waals surface area (Å²) >= 11 is 6.21. The Kier molecular flexibility index (Phi) is 5.99. The van der Waals surface area contributed by atoms with E-state index in [0.717, 1.165) is 60.8 Å². The van der Waals surface area contributed by atoms with Gasteiger partial charge in [0.2, 0.25) is 0 Å². The zero-order valence-electron chi connectivity index (χ0n) is 19.8. The lowest BCUT2D eigenvalue weighted by Gasteiger charge is -2.36. The van der Waals surface area contributed by atoms with Gasteiger partial charge in [-0.25, -0.2) is 12.4 Å². The van der Waals surface area contributed by atoms with Crippen LogP contribution in [0, 0.1) is 0 Å². The lowest BCUT2D eigenvalue weighted by molar-refractivity contribution is 0.261. The van der Waals surface area contributed by atoms with E-state index in [9.17, 15) is 8.42 Å². The number of aromatic amines is 1. The molecule has 184 valence electrons. The first-order valence-electron chi connectivity index (χ1n) is 12.1. The quantitative estimate of drug-likeness (QED) is 0.328. The number of nitrogens with one attached hydrogen (secondary N) is 1. The Morgan fingerprint density at radius 1 is 0.861 bits per heavy atom. The molecule has 36 heavy (non-hydrogen) atoms. The highest BCUT2D eigenvalue weighted by molar-refractivity contribution is 7.90. The molecule has 1 aliphatic rings. The third kappa shape index (κ3) is 4.17. The summed E-state index contributed by atoms with van der Waals surface area (Å²) in [5.74, 6) is 0. The van der Waals surface area contributed by atoms with Crippen LogP contribution in [0.3, 0.4) is 0 Å². The Hall–Kier alpha value is -3.26. The molecule has 5 aromatic rings. The van der Waals surface area contributed by atoms with Crippen LogP contribution >= 0.6 is 11.6 Å². The molecule has 0 bridgehead atoms. The molecule has 1 N–H and O–H groups in total. The molecular formula is C28H27ClN4O2S. The Labute approximate surface area is 215 Å². The number of aromatic nitrogens is 2. The number of rotatable bonds is 6. The molecule has 0 saturated carbocycles. The molecular weight excluding hydrogens is 492 g/mol. The van der Waals surface area contributed by atoms with Crippen LogP contribution in [-0.2, 0) is 16.4 Å². The molecule has 1 saturated heterocycles. The van der Waals surface area contributed by atoms with E-state index in [1.165, 1.54) is 14.9 Å². The number of hydrogen-bond acceptors (Lipinski definition) is 4. The molecule has 6 nitrogen and oxygen atoms in total. The van der Waals surface area contributed by atoms with Gasteiger partial charge in [0.25, 0.3) is 10.0 Å². The van der Waals surface area contributed by atoms with Crippen molar-refractivity contribution in [3.8, 4) is 0 Å². The summed E-state index contributed by atoms with van der Waals surface area (Å²) in [6.07, 6.45) is 4.72. The molecule has 1 fully saturated rings. The number of hydrogen-bond donors (Lipinski definition) is 1. The minimum Gasteiger partial charge on any atom is -0.368 e. The van der Waals surface area contributed by atoms with Crippen LogP contribution in [0.1, 0.15) is 5.56 Å². The van der Waals surface area contributed by atoms with E-state index >= 15 is 0 Å². The Morgan fingerprint density at radius 2 is 1.67 bits per heavy atom. The van der Waals surface area contributed by atoms with Gasteiger partial charge in [0.15, 0.2) is 0 Å². The van der Waals surface area contributed by atoms with Gasteiger partial charge in [0, 0.05) is 72.1 Å². The van der Waals surface area contributed by atoms with E-state index in [4.69, 9.17) is 11.6 Å². The van der Waals surface area contributed by atoms with Gasteiger partial charge in [-0.15, -0.1) is 0 Å². The molecule has 8 heteroatoms. The third-order valence-corrected chi connectivity index (χ3v) is 9.05. The number of fused-ring (bicyclic) bond motifs is 2. The summed E-state index contributed by atoms with van der Waals surface area (Å²) in [6.45, 7) is 4.71. The highest BCUT2D eigenvalue weighted by atomic mass is 35.5. The lowest BCUT2D eigenvalue weighted by Crippen LogP contribution is -2.47. The van der Waals surface area contributed by atoms with E-state index in [0.29, 0.717) is 10.4 Å². The fourth-order valence-electron chi connectivity index (χ4n) is 5.17. The minimum atomic E-state index is -3.65. The monoisotopic (exact) mass is 518 g/mol. The summed E-state index contributed by atoms with van der Waals surface area (Å²) in [7, 11) is -3.65. The van der Waals surface area contributed by atoms with Crippen molar-refractivity contribution in [1.29, 1.82) is 0 Å². The largest absolute Gasteiger partial charge is 0.368 e. The van der Waals surface area contributed by atoms with Crippen molar-refractivity contribution in [2.75, 3.05) is 37.6 Å². The molecule has 0 amide bonds. The average Bonchev–Trinajstić information content (AvgIpc) is 3.53. The minimum absolute atomic E-state index is 0.291. The molecule has 6 rings (SSSR count). The molecule has 3 heterocycles. The number of nitrogens with zero attached hydrogens (tertiary/aromatic N) is 3. The van der Waals surface area contributed by atoms with Gasteiger partial charge in [0.05, 0.1) is 10.4 Å². The first-order valence-corrected chi connectivity index (χ1v) is 14.0. The van der Waals surface area contributed by atoms with E-state index in [1.807, 2.05) is 42.5 Å². The molecule has 0 aliphatic carbocycles. The zero-order chi connectivity index (χ0) is 24.7. The van der Waals surface area contributed by atoms with Gasteiger partial charge >= 0.3 is 0 Å². The van der Waals surface area contributed by atoms with Crippen LogP contribution in [0.5, 0.6) is 0 Å². The highest BCUT2D eigenvalue weighted by Gasteiger charge is 2.23. The first-order chi connectivity index (χ1) is 17.5. The average molecular weight is 519 g/mol. The lowest BCUT2D eigenvalue weighted by atomic mass is 10.1.